The zero-order valence-corrected chi connectivity index (χ0v) is 15.0. The second-order valence-electron chi connectivity index (χ2n) is 5.65. The van der Waals surface area contributed by atoms with Crippen molar-refractivity contribution in [2.75, 3.05) is 11.4 Å². The van der Waals surface area contributed by atoms with E-state index in [-0.39, 0.29) is 17.3 Å². The lowest BCUT2D eigenvalue weighted by atomic mass is 10.2. The molecular formula is C20H18FNO3S. The maximum atomic E-state index is 13.3. The molecule has 3 rings (SSSR count). The van der Waals surface area contributed by atoms with Gasteiger partial charge in [0.15, 0.2) is 0 Å². The number of halogens is 1. The van der Waals surface area contributed by atoms with Crippen LogP contribution in [0, 0.1) is 5.82 Å². The predicted octanol–water partition coefficient (Wildman–Crippen LogP) is 4.23. The largest absolute Gasteiger partial charge is 0.497 e. The highest BCUT2D eigenvalue weighted by Crippen LogP contribution is 2.27. The van der Waals surface area contributed by atoms with Crippen LogP contribution >= 0.6 is 0 Å². The van der Waals surface area contributed by atoms with E-state index in [2.05, 4.69) is 0 Å². The summed E-state index contributed by atoms with van der Waals surface area (Å²) in [6.07, 6.45) is 0. The van der Waals surface area contributed by atoms with Crippen molar-refractivity contribution < 1.29 is 17.5 Å². The van der Waals surface area contributed by atoms with Gasteiger partial charge in [-0.25, -0.2) is 12.8 Å². The molecule has 134 valence electrons. The van der Waals surface area contributed by atoms with E-state index >= 15 is 0 Å². The van der Waals surface area contributed by atoms with Gasteiger partial charge < -0.3 is 4.74 Å². The molecule has 4 nitrogen and oxygen atoms in total. The second kappa shape index (κ2) is 7.58. The Morgan fingerprint density at radius 2 is 1.62 bits per heavy atom. The molecule has 0 amide bonds. The van der Waals surface area contributed by atoms with Crippen LogP contribution in [0.1, 0.15) is 5.56 Å². The van der Waals surface area contributed by atoms with Crippen molar-refractivity contribution in [3.05, 3.63) is 90.2 Å². The molecule has 0 aliphatic rings. The van der Waals surface area contributed by atoms with Crippen LogP contribution in [0.3, 0.4) is 0 Å². The Labute approximate surface area is 152 Å². The number of benzene rings is 3. The molecular weight excluding hydrogens is 353 g/mol. The molecule has 0 bridgehead atoms. The minimum Gasteiger partial charge on any atom is -0.497 e. The first-order valence-corrected chi connectivity index (χ1v) is 9.41. The van der Waals surface area contributed by atoms with Gasteiger partial charge in [0, 0.05) is 6.07 Å². The van der Waals surface area contributed by atoms with Gasteiger partial charge in [-0.15, -0.1) is 0 Å². The Morgan fingerprint density at radius 1 is 0.923 bits per heavy atom. The smallest absolute Gasteiger partial charge is 0.264 e. The predicted molar refractivity (Wildman–Crippen MR) is 99.2 cm³/mol. The van der Waals surface area contributed by atoms with Crippen LogP contribution in [0.4, 0.5) is 10.1 Å². The van der Waals surface area contributed by atoms with E-state index in [4.69, 9.17) is 4.74 Å². The zero-order valence-electron chi connectivity index (χ0n) is 14.2. The third-order valence-electron chi connectivity index (χ3n) is 3.91. The van der Waals surface area contributed by atoms with Gasteiger partial charge in [0.25, 0.3) is 10.0 Å². The number of methoxy groups -OCH3 is 1. The first-order valence-electron chi connectivity index (χ1n) is 7.97. The van der Waals surface area contributed by atoms with Crippen molar-refractivity contribution in [1.82, 2.24) is 0 Å². The van der Waals surface area contributed by atoms with Gasteiger partial charge in [0.05, 0.1) is 24.2 Å². The van der Waals surface area contributed by atoms with Crippen LogP contribution in [0.15, 0.2) is 83.8 Å². The van der Waals surface area contributed by atoms with Crippen molar-refractivity contribution in [2.45, 2.75) is 11.4 Å². The third kappa shape index (κ3) is 3.86. The Bertz CT molecular complexity index is 973. The summed E-state index contributed by atoms with van der Waals surface area (Å²) in [5.74, 6) is 0.0940. The van der Waals surface area contributed by atoms with Crippen LogP contribution < -0.4 is 9.04 Å². The van der Waals surface area contributed by atoms with Crippen molar-refractivity contribution >= 4 is 15.7 Å². The molecule has 0 aromatic heterocycles. The number of nitrogens with zero attached hydrogens (tertiary/aromatic N) is 1. The number of sulfonamides is 1. The fourth-order valence-corrected chi connectivity index (χ4v) is 4.04. The van der Waals surface area contributed by atoms with Crippen molar-refractivity contribution in [2.24, 2.45) is 0 Å². The molecule has 0 heterocycles. The lowest BCUT2D eigenvalue weighted by Crippen LogP contribution is -2.30. The Kier molecular flexibility index (Phi) is 5.23. The molecule has 3 aromatic carbocycles. The standard InChI is InChI=1S/C20H18FNO3S/c1-25-19-8-5-9-20(14-19)26(23,24)22(18-6-3-2-4-7-18)15-16-10-12-17(21)13-11-16/h2-14H,15H2,1H3. The summed E-state index contributed by atoms with van der Waals surface area (Å²) in [6.45, 7) is 0.0871. The quantitative estimate of drug-likeness (QED) is 0.651. The first kappa shape index (κ1) is 17.9. The van der Waals surface area contributed by atoms with E-state index in [1.807, 2.05) is 6.07 Å². The second-order valence-corrected chi connectivity index (χ2v) is 7.51. The van der Waals surface area contributed by atoms with E-state index in [1.165, 1.54) is 35.7 Å². The highest BCUT2D eigenvalue weighted by atomic mass is 32.2. The fraction of sp³-hybridized carbons (Fsp3) is 0.100. The maximum Gasteiger partial charge on any atom is 0.264 e. The fourth-order valence-electron chi connectivity index (χ4n) is 2.55. The van der Waals surface area contributed by atoms with Crippen molar-refractivity contribution in [3.63, 3.8) is 0 Å². The number of hydrogen-bond donors (Lipinski definition) is 0. The molecule has 0 saturated heterocycles. The Hall–Kier alpha value is -2.86. The monoisotopic (exact) mass is 371 g/mol. The van der Waals surface area contributed by atoms with Crippen LogP contribution in [0.25, 0.3) is 0 Å². The minimum atomic E-state index is -3.84. The van der Waals surface area contributed by atoms with E-state index in [0.717, 1.165) is 0 Å². The molecule has 6 heteroatoms. The zero-order chi connectivity index (χ0) is 18.6. The summed E-state index contributed by atoms with van der Waals surface area (Å²) >= 11 is 0. The molecule has 0 saturated carbocycles. The highest BCUT2D eigenvalue weighted by molar-refractivity contribution is 7.92. The van der Waals surface area contributed by atoms with Crippen LogP contribution in [0.5, 0.6) is 5.75 Å². The molecule has 0 aliphatic carbocycles. The van der Waals surface area contributed by atoms with E-state index in [1.54, 1.807) is 48.5 Å². The number of anilines is 1. The molecule has 0 atom stereocenters. The lowest BCUT2D eigenvalue weighted by molar-refractivity contribution is 0.413. The van der Waals surface area contributed by atoms with Crippen LogP contribution in [-0.2, 0) is 16.6 Å². The van der Waals surface area contributed by atoms with Gasteiger partial charge in [-0.1, -0.05) is 36.4 Å². The van der Waals surface area contributed by atoms with Gasteiger partial charge in [-0.05, 0) is 42.0 Å². The number of para-hydroxylation sites is 1. The van der Waals surface area contributed by atoms with E-state index < -0.39 is 10.0 Å². The van der Waals surface area contributed by atoms with E-state index in [9.17, 15) is 12.8 Å². The van der Waals surface area contributed by atoms with E-state index in [0.29, 0.717) is 17.0 Å². The summed E-state index contributed by atoms with van der Waals surface area (Å²) in [4.78, 5) is 0.128. The molecule has 0 N–H and O–H groups in total. The van der Waals surface area contributed by atoms with Gasteiger partial charge in [0.1, 0.15) is 11.6 Å². The molecule has 3 aromatic rings. The van der Waals surface area contributed by atoms with Crippen LogP contribution in [0.2, 0.25) is 0 Å². The molecule has 0 unspecified atom stereocenters. The normalized spacial score (nSPS) is 11.2. The number of ether oxygens (including phenoxy) is 1. The summed E-state index contributed by atoms with van der Waals surface area (Å²) in [5, 5.41) is 0. The molecule has 26 heavy (non-hydrogen) atoms. The van der Waals surface area contributed by atoms with Crippen molar-refractivity contribution in [3.8, 4) is 5.75 Å². The lowest BCUT2D eigenvalue weighted by Gasteiger charge is -2.25. The first-order chi connectivity index (χ1) is 12.5. The third-order valence-corrected chi connectivity index (χ3v) is 5.68. The molecule has 0 radical (unpaired) electrons. The summed E-state index contributed by atoms with van der Waals surface area (Å²) in [5.41, 5.74) is 1.21. The van der Waals surface area contributed by atoms with Gasteiger partial charge in [-0.2, -0.15) is 0 Å². The van der Waals surface area contributed by atoms with Gasteiger partial charge in [-0.3, -0.25) is 4.31 Å². The van der Waals surface area contributed by atoms with Crippen molar-refractivity contribution in [1.29, 1.82) is 0 Å². The SMILES string of the molecule is COc1cccc(S(=O)(=O)N(Cc2ccc(F)cc2)c2ccccc2)c1. The summed E-state index contributed by atoms with van der Waals surface area (Å²) in [7, 11) is -2.35. The molecule has 0 spiro atoms. The average molecular weight is 371 g/mol. The number of hydrogen-bond acceptors (Lipinski definition) is 3. The topological polar surface area (TPSA) is 46.6 Å². The summed E-state index contributed by atoms with van der Waals surface area (Å²) < 4.78 is 46.2. The molecule has 0 fully saturated rings. The number of rotatable bonds is 6. The highest BCUT2D eigenvalue weighted by Gasteiger charge is 2.25. The maximum absolute atomic E-state index is 13.3. The Balaban J connectivity index is 2.05. The minimum absolute atomic E-state index is 0.0871. The Morgan fingerprint density at radius 3 is 2.27 bits per heavy atom. The van der Waals surface area contributed by atoms with Gasteiger partial charge >= 0.3 is 0 Å². The average Bonchev–Trinajstić information content (AvgIpc) is 2.68. The van der Waals surface area contributed by atoms with Gasteiger partial charge in [0.2, 0.25) is 0 Å². The molecule has 0 aliphatic heterocycles. The van der Waals surface area contributed by atoms with Crippen LogP contribution in [-0.4, -0.2) is 15.5 Å². The summed E-state index contributed by atoms with van der Waals surface area (Å²) in [6, 6.07) is 20.9.